The molecule has 0 aliphatic carbocycles. The van der Waals surface area contributed by atoms with Gasteiger partial charge in [0.25, 0.3) is 0 Å². The molecule has 0 amide bonds. The van der Waals surface area contributed by atoms with Crippen LogP contribution >= 0.6 is 69.3 Å². The average Bonchev–Trinajstić information content (AvgIpc) is 4.30. The molecule has 0 saturated carbocycles. The number of aryl methyl sites for hydroxylation is 3. The van der Waals surface area contributed by atoms with E-state index in [9.17, 15) is 0 Å². The first-order valence-corrected chi connectivity index (χ1v) is 32.2. The van der Waals surface area contributed by atoms with E-state index >= 15 is 0 Å². The first kappa shape index (κ1) is 67.3. The highest BCUT2D eigenvalue weighted by Crippen LogP contribution is 2.27. The van der Waals surface area contributed by atoms with E-state index < -0.39 is 0 Å². The average molecular weight is 1110 g/mol. The summed E-state index contributed by atoms with van der Waals surface area (Å²) in [4.78, 5) is 23.3. The van der Waals surface area contributed by atoms with Crippen LogP contribution in [0, 0.1) is 6.92 Å². The van der Waals surface area contributed by atoms with Crippen molar-refractivity contribution >= 4 is 69.3 Å². The second-order valence-corrected chi connectivity index (χ2v) is 20.2. The summed E-state index contributed by atoms with van der Waals surface area (Å²) < 4.78 is 0. The fourth-order valence-electron chi connectivity index (χ4n) is 6.73. The lowest BCUT2D eigenvalue weighted by Crippen LogP contribution is -1.85. The van der Waals surface area contributed by atoms with Crippen LogP contribution in [0.2, 0.25) is 0 Å². The zero-order valence-electron chi connectivity index (χ0n) is 47.1. The van der Waals surface area contributed by atoms with Crippen molar-refractivity contribution in [3.8, 4) is 52.9 Å². The van der Waals surface area contributed by atoms with Crippen molar-refractivity contribution in [1.29, 1.82) is 0 Å². The van der Waals surface area contributed by atoms with Gasteiger partial charge in [-0.3, -0.25) is 0 Å². The summed E-state index contributed by atoms with van der Waals surface area (Å²) in [6.45, 7) is 26.6. The maximum atomic E-state index is 4.19. The third kappa shape index (κ3) is 26.1. The largest absolute Gasteiger partial charge is 0.361 e. The number of H-pyrrole nitrogens is 5. The Labute approximate surface area is 474 Å². The Bertz CT molecular complexity index is 2570. The summed E-state index contributed by atoms with van der Waals surface area (Å²) >= 11 is 13.0. The van der Waals surface area contributed by atoms with Crippen LogP contribution in [-0.4, -0.2) is 24.9 Å². The van der Waals surface area contributed by atoms with E-state index in [1.165, 1.54) is 133 Å². The van der Waals surface area contributed by atoms with E-state index in [4.69, 9.17) is 0 Å². The Hall–Kier alpha value is -4.75. The lowest BCUT2D eigenvalue weighted by molar-refractivity contribution is 0.662. The van der Waals surface area contributed by atoms with Gasteiger partial charge in [-0.05, 0) is 151 Å². The van der Waals surface area contributed by atoms with E-state index in [1.54, 1.807) is 56.7 Å². The fraction of sp³-hybridized carbons (Fsp3) is 0.365. The van der Waals surface area contributed by atoms with Crippen molar-refractivity contribution in [2.45, 2.75) is 154 Å². The second-order valence-electron chi connectivity index (χ2n) is 15.1. The Morgan fingerprint density at radius 2 is 0.689 bits per heavy atom. The molecule has 0 aliphatic rings. The molecule has 0 atom stereocenters. The van der Waals surface area contributed by atoms with Crippen LogP contribution in [0.5, 0.6) is 0 Å². The summed E-state index contributed by atoms with van der Waals surface area (Å²) in [7, 11) is 0. The number of aromatic nitrogens is 5. The van der Waals surface area contributed by atoms with Crippen LogP contribution in [0.4, 0.5) is 0 Å². The summed E-state index contributed by atoms with van der Waals surface area (Å²) in [5.74, 6) is 0.769. The van der Waals surface area contributed by atoms with Crippen LogP contribution in [0.1, 0.15) is 151 Å². The fourth-order valence-corrected chi connectivity index (χ4v) is 10.5. The molecule has 0 radical (unpaired) electrons. The minimum absolute atomic E-state index is 0.769. The van der Waals surface area contributed by atoms with Crippen molar-refractivity contribution < 1.29 is 0 Å². The lowest BCUT2D eigenvalue weighted by Gasteiger charge is -1.98. The zero-order valence-corrected chi connectivity index (χ0v) is 52.0. The van der Waals surface area contributed by atoms with Gasteiger partial charge in [0.15, 0.2) is 0 Å². The highest BCUT2D eigenvalue weighted by Gasteiger charge is 2.04. The van der Waals surface area contributed by atoms with Gasteiger partial charge >= 0.3 is 0 Å². The number of nitrogens with one attached hydrogen (secondary N) is 5. The summed E-state index contributed by atoms with van der Waals surface area (Å²) in [5.41, 5.74) is 11.3. The van der Waals surface area contributed by atoms with Crippen LogP contribution in [-0.2, 0) is 18.6 Å². The van der Waals surface area contributed by atoms with Gasteiger partial charge in [-0.15, -0.1) is 56.7 Å². The highest BCUT2D eigenvalue weighted by atomic mass is 32.1. The van der Waals surface area contributed by atoms with Gasteiger partial charge in [0.1, 0.15) is 0 Å². The summed E-state index contributed by atoms with van der Waals surface area (Å²) in [6.07, 6.45) is 13.5. The number of unbranched alkanes of at least 4 members (excludes halogenated alkanes) is 5. The molecule has 10 aromatic heterocycles. The highest BCUT2D eigenvalue weighted by molar-refractivity contribution is 7.79. The van der Waals surface area contributed by atoms with Gasteiger partial charge in [-0.2, -0.15) is 12.6 Å². The lowest BCUT2D eigenvalue weighted by atomic mass is 10.1. The van der Waals surface area contributed by atoms with Gasteiger partial charge in [0.2, 0.25) is 0 Å². The quantitative estimate of drug-likeness (QED) is 0.0437. The molecule has 0 saturated heterocycles. The molecule has 10 aromatic rings. The SMILES string of the molecule is CC.CC.CC.CC.CC.CCCCCCc1ccc(-c2cccs2)[nH]1.CCCCCc1ccc(-c2cccs2)[nH]1.Cc1ccc(-c2cccs2)[nH]1.SCc1ccc(-c2cccs2)[nH]1.c1c[nH]c(-c2cccs2)c1. The topological polar surface area (TPSA) is 78.9 Å². The minimum Gasteiger partial charge on any atom is -0.361 e. The molecule has 0 fully saturated rings. The normalized spacial score (nSPS) is 9.49. The Morgan fingerprint density at radius 1 is 0.351 bits per heavy atom. The Kier molecular flexibility index (Phi) is 40.5. The molecular formula is C63H91N5S6. The van der Waals surface area contributed by atoms with E-state index in [0.29, 0.717) is 0 Å². The first-order chi connectivity index (χ1) is 36.5. The van der Waals surface area contributed by atoms with E-state index in [1.807, 2.05) is 81.5 Å². The van der Waals surface area contributed by atoms with Crippen molar-refractivity contribution in [3.05, 3.63) is 177 Å². The Morgan fingerprint density at radius 3 is 1.00 bits per heavy atom. The maximum Gasteiger partial charge on any atom is 0.0557 e. The number of thiol groups is 1. The summed E-state index contributed by atoms with van der Waals surface area (Å²) in [5, 5.41) is 10.5. The molecule has 10 rings (SSSR count). The molecule has 404 valence electrons. The zero-order chi connectivity index (χ0) is 54.6. The van der Waals surface area contributed by atoms with Crippen molar-refractivity contribution in [2.75, 3.05) is 0 Å². The van der Waals surface area contributed by atoms with Crippen LogP contribution in [0.25, 0.3) is 52.9 Å². The third-order valence-electron chi connectivity index (χ3n) is 10.1. The van der Waals surface area contributed by atoms with E-state index in [-0.39, 0.29) is 0 Å². The van der Waals surface area contributed by atoms with Crippen molar-refractivity contribution in [1.82, 2.24) is 24.9 Å². The second kappa shape index (κ2) is 44.5. The molecule has 0 aromatic carbocycles. The molecule has 0 aliphatic heterocycles. The smallest absolute Gasteiger partial charge is 0.0557 e. The van der Waals surface area contributed by atoms with E-state index in [0.717, 1.165) is 5.75 Å². The molecule has 0 spiro atoms. The van der Waals surface area contributed by atoms with Crippen molar-refractivity contribution in [3.63, 3.8) is 0 Å². The predicted molar refractivity (Wildman–Crippen MR) is 346 cm³/mol. The van der Waals surface area contributed by atoms with Crippen molar-refractivity contribution in [2.24, 2.45) is 0 Å². The molecule has 5 nitrogen and oxygen atoms in total. The number of hydrogen-bond donors (Lipinski definition) is 6. The molecule has 5 N–H and O–H groups in total. The number of aromatic amines is 5. The van der Waals surface area contributed by atoms with Gasteiger partial charge < -0.3 is 24.9 Å². The van der Waals surface area contributed by atoms with E-state index in [2.05, 4.69) is 200 Å². The van der Waals surface area contributed by atoms with Crippen LogP contribution in [0.3, 0.4) is 0 Å². The monoisotopic (exact) mass is 1110 g/mol. The molecule has 74 heavy (non-hydrogen) atoms. The minimum atomic E-state index is 0.769. The van der Waals surface area contributed by atoms with Gasteiger partial charge in [-0.1, -0.05) is 146 Å². The molecule has 0 bridgehead atoms. The number of thiophene rings is 5. The summed E-state index contributed by atoms with van der Waals surface area (Å²) in [6, 6.07) is 42.3. The molecule has 10 heterocycles. The first-order valence-electron chi connectivity index (χ1n) is 27.2. The maximum absolute atomic E-state index is 4.19. The van der Waals surface area contributed by atoms with Crippen LogP contribution < -0.4 is 0 Å². The number of hydrogen-bond acceptors (Lipinski definition) is 6. The Balaban J connectivity index is 0.000000446. The van der Waals surface area contributed by atoms with Gasteiger partial charge in [0, 0.05) is 34.7 Å². The third-order valence-corrected chi connectivity index (χ3v) is 15.0. The number of rotatable bonds is 15. The van der Waals surface area contributed by atoms with Crippen LogP contribution in [0.15, 0.2) is 154 Å². The van der Waals surface area contributed by atoms with Gasteiger partial charge in [0.05, 0.1) is 52.9 Å². The van der Waals surface area contributed by atoms with Gasteiger partial charge in [-0.25, -0.2) is 0 Å². The molecular weight excluding hydrogens is 1020 g/mol. The predicted octanol–water partition coefficient (Wildman–Crippen LogP) is 23.4. The molecule has 0 unspecified atom stereocenters. The molecule has 11 heteroatoms. The standard InChI is InChI=1S/C14H19NS.C13H17NS.C9H9NS2.C9H9NS.C8H7NS.5C2H6/c1-2-3-4-5-7-12-9-10-13(15-12)14-8-6-11-16-14;1-2-3-4-6-11-8-9-12(14-11)13-7-5-10-15-13;11-6-7-3-4-8(10-7)9-2-1-5-12-9;1-7-4-5-8(10-7)9-3-2-6-11-9;1-3-7(9-5-1)8-4-2-6-10-8;5*1-2/h6,8-11,15H,2-5,7H2,1H3;5,7-10,14H,2-4,6H2,1H3;1-5,10-11H,6H2;2-6,10H,1H3;1-6,9H;5*1-2H3.